The Morgan fingerprint density at radius 1 is 1.00 bits per heavy atom. The van der Waals surface area contributed by atoms with Crippen LogP contribution < -0.4 is 10.1 Å². The van der Waals surface area contributed by atoms with Crippen molar-refractivity contribution < 1.29 is 9.53 Å². The molecule has 0 aliphatic heterocycles. The number of rotatable bonds is 3. The van der Waals surface area contributed by atoms with Crippen molar-refractivity contribution in [1.29, 1.82) is 0 Å². The first-order chi connectivity index (χ1) is 11.9. The molecule has 0 saturated carbocycles. The Hall–Kier alpha value is -2.66. The summed E-state index contributed by atoms with van der Waals surface area (Å²) < 4.78 is 5.26. The first kappa shape index (κ1) is 17.2. The molecule has 1 aromatic heterocycles. The summed E-state index contributed by atoms with van der Waals surface area (Å²) in [5.74, 6) is -0.212. The van der Waals surface area contributed by atoms with Gasteiger partial charge in [-0.2, -0.15) is 0 Å². The third kappa shape index (κ3) is 3.42. The van der Waals surface area contributed by atoms with E-state index < -0.39 is 5.91 Å². The molecular formula is C19H18ClN3O2. The van der Waals surface area contributed by atoms with Crippen molar-refractivity contribution in [3.05, 3.63) is 57.7 Å². The molecule has 6 heteroatoms. The van der Waals surface area contributed by atoms with Gasteiger partial charge in [0.15, 0.2) is 5.69 Å². The largest absolute Gasteiger partial charge is 0.479 e. The number of amides is 1. The summed E-state index contributed by atoms with van der Waals surface area (Å²) in [7, 11) is 1.47. The second-order valence-corrected chi connectivity index (χ2v) is 6.33. The second-order valence-electron chi connectivity index (χ2n) is 5.92. The number of hydrogen-bond acceptors (Lipinski definition) is 4. The van der Waals surface area contributed by atoms with Gasteiger partial charge in [0.25, 0.3) is 5.91 Å². The van der Waals surface area contributed by atoms with Crippen molar-refractivity contribution in [2.75, 3.05) is 12.4 Å². The molecule has 128 valence electrons. The minimum absolute atomic E-state index is 0.134. The zero-order valence-corrected chi connectivity index (χ0v) is 15.2. The summed E-state index contributed by atoms with van der Waals surface area (Å²) in [6.07, 6.45) is 0. The number of anilines is 1. The van der Waals surface area contributed by atoms with Gasteiger partial charge in [-0.3, -0.25) is 4.79 Å². The van der Waals surface area contributed by atoms with Crippen LogP contribution in [0.15, 0.2) is 30.3 Å². The van der Waals surface area contributed by atoms with Crippen LogP contribution in [0.4, 0.5) is 5.69 Å². The minimum atomic E-state index is -0.399. The third-order valence-electron chi connectivity index (χ3n) is 4.09. The molecule has 1 N–H and O–H groups in total. The summed E-state index contributed by atoms with van der Waals surface area (Å²) in [4.78, 5) is 21.5. The van der Waals surface area contributed by atoms with Crippen LogP contribution in [0, 0.1) is 20.8 Å². The molecule has 0 atom stereocenters. The highest BCUT2D eigenvalue weighted by atomic mass is 35.5. The number of carbonyl (C=O) groups excluding carboxylic acids is 1. The fourth-order valence-corrected chi connectivity index (χ4v) is 2.63. The van der Waals surface area contributed by atoms with E-state index in [1.54, 1.807) is 12.1 Å². The van der Waals surface area contributed by atoms with Crippen molar-refractivity contribution in [2.24, 2.45) is 0 Å². The molecule has 0 radical (unpaired) electrons. The topological polar surface area (TPSA) is 64.1 Å². The van der Waals surface area contributed by atoms with E-state index >= 15 is 0 Å². The highest BCUT2D eigenvalue weighted by Gasteiger charge is 2.18. The standard InChI is InChI=1S/C19H18ClN3O2/c1-10-5-6-13(9-14(10)20)21-18(24)17-19(25-4)23-16-8-12(3)11(2)7-15(16)22-17/h5-9H,1-4H3,(H,21,24). The Balaban J connectivity index is 2.02. The van der Waals surface area contributed by atoms with E-state index in [1.165, 1.54) is 7.11 Å². The lowest BCUT2D eigenvalue weighted by molar-refractivity contribution is 0.101. The molecule has 0 aliphatic carbocycles. The Morgan fingerprint density at radius 2 is 1.64 bits per heavy atom. The average molecular weight is 356 g/mol. The number of ether oxygens (including phenoxy) is 1. The van der Waals surface area contributed by atoms with Crippen LogP contribution in [0.2, 0.25) is 5.02 Å². The quantitative estimate of drug-likeness (QED) is 0.752. The molecule has 3 rings (SSSR count). The first-order valence-electron chi connectivity index (χ1n) is 7.79. The number of nitrogens with one attached hydrogen (secondary N) is 1. The minimum Gasteiger partial charge on any atom is -0.479 e. The highest BCUT2D eigenvalue weighted by molar-refractivity contribution is 6.31. The molecule has 2 aromatic carbocycles. The Labute approximate surface area is 151 Å². The summed E-state index contributed by atoms with van der Waals surface area (Å²) in [5, 5.41) is 3.37. The van der Waals surface area contributed by atoms with Gasteiger partial charge in [0.2, 0.25) is 5.88 Å². The molecular weight excluding hydrogens is 338 g/mol. The molecule has 0 spiro atoms. The van der Waals surface area contributed by atoms with Crippen LogP contribution in [0.5, 0.6) is 5.88 Å². The van der Waals surface area contributed by atoms with Crippen LogP contribution in [0.1, 0.15) is 27.2 Å². The van der Waals surface area contributed by atoms with Crippen molar-refractivity contribution in [3.8, 4) is 5.88 Å². The number of aryl methyl sites for hydroxylation is 3. The molecule has 5 nitrogen and oxygen atoms in total. The predicted molar refractivity (Wildman–Crippen MR) is 99.7 cm³/mol. The van der Waals surface area contributed by atoms with Gasteiger partial charge in [-0.1, -0.05) is 17.7 Å². The van der Waals surface area contributed by atoms with Gasteiger partial charge in [-0.05, 0) is 61.7 Å². The Bertz CT molecular complexity index is 986. The molecule has 0 bridgehead atoms. The van der Waals surface area contributed by atoms with E-state index in [2.05, 4.69) is 15.3 Å². The Kier molecular flexibility index (Phi) is 4.59. The molecule has 1 amide bonds. The van der Waals surface area contributed by atoms with E-state index in [9.17, 15) is 4.79 Å². The number of halogens is 1. The number of benzene rings is 2. The average Bonchev–Trinajstić information content (AvgIpc) is 2.58. The number of aromatic nitrogens is 2. The predicted octanol–water partition coefficient (Wildman–Crippen LogP) is 4.47. The van der Waals surface area contributed by atoms with Gasteiger partial charge in [0, 0.05) is 10.7 Å². The third-order valence-corrected chi connectivity index (χ3v) is 4.49. The number of methoxy groups -OCH3 is 1. The number of carbonyl (C=O) groups is 1. The fourth-order valence-electron chi connectivity index (χ4n) is 2.45. The second kappa shape index (κ2) is 6.69. The van der Waals surface area contributed by atoms with E-state index in [4.69, 9.17) is 16.3 Å². The Morgan fingerprint density at radius 3 is 2.24 bits per heavy atom. The van der Waals surface area contributed by atoms with Gasteiger partial charge in [-0.25, -0.2) is 9.97 Å². The van der Waals surface area contributed by atoms with Crippen LogP contribution in [-0.2, 0) is 0 Å². The van der Waals surface area contributed by atoms with Gasteiger partial charge in [-0.15, -0.1) is 0 Å². The SMILES string of the molecule is COc1nc2cc(C)c(C)cc2nc1C(=O)Nc1ccc(C)c(Cl)c1. The zero-order chi connectivity index (χ0) is 18.1. The van der Waals surface area contributed by atoms with Crippen molar-refractivity contribution in [3.63, 3.8) is 0 Å². The number of nitrogens with zero attached hydrogens (tertiary/aromatic N) is 2. The monoisotopic (exact) mass is 355 g/mol. The van der Waals surface area contributed by atoms with E-state index in [1.807, 2.05) is 39.0 Å². The van der Waals surface area contributed by atoms with Crippen LogP contribution in [0.25, 0.3) is 11.0 Å². The molecule has 1 heterocycles. The molecule has 25 heavy (non-hydrogen) atoms. The zero-order valence-electron chi connectivity index (χ0n) is 14.5. The van der Waals surface area contributed by atoms with E-state index in [0.29, 0.717) is 21.7 Å². The van der Waals surface area contributed by atoms with Crippen molar-refractivity contribution >= 4 is 34.2 Å². The summed E-state index contributed by atoms with van der Waals surface area (Å²) in [5.41, 5.74) is 5.19. The lowest BCUT2D eigenvalue weighted by Gasteiger charge is -2.11. The van der Waals surface area contributed by atoms with Crippen LogP contribution >= 0.6 is 11.6 Å². The van der Waals surface area contributed by atoms with Gasteiger partial charge in [0.05, 0.1) is 18.1 Å². The maximum atomic E-state index is 12.6. The van der Waals surface area contributed by atoms with E-state index in [-0.39, 0.29) is 11.6 Å². The number of hydrogen-bond donors (Lipinski definition) is 1. The normalized spacial score (nSPS) is 10.8. The van der Waals surface area contributed by atoms with E-state index in [0.717, 1.165) is 16.7 Å². The van der Waals surface area contributed by atoms with Crippen molar-refractivity contribution in [2.45, 2.75) is 20.8 Å². The van der Waals surface area contributed by atoms with Gasteiger partial charge >= 0.3 is 0 Å². The first-order valence-corrected chi connectivity index (χ1v) is 8.17. The molecule has 0 unspecified atom stereocenters. The summed E-state index contributed by atoms with van der Waals surface area (Å²) in [6.45, 7) is 5.90. The maximum Gasteiger partial charge on any atom is 0.279 e. The summed E-state index contributed by atoms with van der Waals surface area (Å²) >= 11 is 6.11. The lowest BCUT2D eigenvalue weighted by atomic mass is 10.1. The van der Waals surface area contributed by atoms with Gasteiger partial charge in [0.1, 0.15) is 0 Å². The lowest BCUT2D eigenvalue weighted by Crippen LogP contribution is -2.16. The van der Waals surface area contributed by atoms with Crippen LogP contribution in [0.3, 0.4) is 0 Å². The fraction of sp³-hybridized carbons (Fsp3) is 0.211. The molecule has 0 saturated heterocycles. The molecule has 0 fully saturated rings. The maximum absolute atomic E-state index is 12.6. The molecule has 3 aromatic rings. The van der Waals surface area contributed by atoms with Crippen molar-refractivity contribution in [1.82, 2.24) is 9.97 Å². The van der Waals surface area contributed by atoms with Gasteiger partial charge < -0.3 is 10.1 Å². The summed E-state index contributed by atoms with van der Waals surface area (Å²) in [6, 6.07) is 9.17. The number of fused-ring (bicyclic) bond motifs is 1. The van der Waals surface area contributed by atoms with Crippen LogP contribution in [-0.4, -0.2) is 23.0 Å². The molecule has 0 aliphatic rings. The highest BCUT2D eigenvalue weighted by Crippen LogP contribution is 2.24. The smallest absolute Gasteiger partial charge is 0.279 e.